The highest BCUT2D eigenvalue weighted by atomic mass is 16.4. The first-order chi connectivity index (χ1) is 14.6. The molecule has 4 aliphatic rings. The Morgan fingerprint density at radius 2 is 1.78 bits per heavy atom. The van der Waals surface area contributed by atoms with Crippen molar-refractivity contribution >= 4 is 11.8 Å². The second kappa shape index (κ2) is 7.74. The van der Waals surface area contributed by atoms with Crippen molar-refractivity contribution in [1.82, 2.24) is 0 Å². The van der Waals surface area contributed by atoms with E-state index in [-0.39, 0.29) is 13.0 Å². The van der Waals surface area contributed by atoms with Crippen molar-refractivity contribution in [3.05, 3.63) is 23.3 Å². The number of Topliss-reactive ketones (excluding diaryl/α,β-unsaturated/α-hetero) is 1. The van der Waals surface area contributed by atoms with Gasteiger partial charge in [-0.25, -0.2) is 0 Å². The number of hydrogen-bond acceptors (Lipinski definition) is 7. The van der Waals surface area contributed by atoms with Crippen LogP contribution in [0, 0.1) is 29.1 Å². The summed E-state index contributed by atoms with van der Waals surface area (Å²) < 4.78 is 0. The lowest BCUT2D eigenvalue weighted by molar-refractivity contribution is -0.209. The summed E-state index contributed by atoms with van der Waals surface area (Å²) >= 11 is 0. The second-order valence-corrected chi connectivity index (χ2v) is 10.6. The van der Waals surface area contributed by atoms with Gasteiger partial charge in [0, 0.05) is 41.9 Å². The number of aliphatic carboxylic acids is 1. The van der Waals surface area contributed by atoms with Crippen molar-refractivity contribution in [2.75, 3.05) is 6.61 Å². The molecule has 8 heteroatoms. The summed E-state index contributed by atoms with van der Waals surface area (Å²) in [4.78, 5) is 22.3. The average Bonchev–Trinajstić information content (AvgIpc) is 3.11. The van der Waals surface area contributed by atoms with Crippen LogP contribution in [-0.4, -0.2) is 71.9 Å². The number of aliphatic hydroxyl groups excluding tert-OH is 2. The Morgan fingerprint density at radius 1 is 1.19 bits per heavy atom. The molecular formula is C24H36O8. The number of carboxylic acids is 1. The first kappa shape index (κ1) is 25.1. The van der Waals surface area contributed by atoms with E-state index >= 15 is 0 Å². The summed E-state index contributed by atoms with van der Waals surface area (Å²) in [5.74, 6) is -3.85. The third-order valence-corrected chi connectivity index (χ3v) is 8.51. The van der Waals surface area contributed by atoms with E-state index in [1.54, 1.807) is 26.0 Å². The fraction of sp³-hybridized carbons (Fsp3) is 0.750. The average molecular weight is 453 g/mol. The van der Waals surface area contributed by atoms with Gasteiger partial charge in [0.1, 0.15) is 11.2 Å². The molecule has 0 radical (unpaired) electrons. The number of rotatable bonds is 3. The third kappa shape index (κ3) is 3.07. The molecule has 0 amide bonds. The minimum absolute atomic E-state index is 0.0615. The van der Waals surface area contributed by atoms with E-state index in [0.29, 0.717) is 17.6 Å². The largest absolute Gasteiger partial charge is 0.481 e. The van der Waals surface area contributed by atoms with Crippen molar-refractivity contribution in [3.8, 4) is 0 Å². The number of carboxylic acid groups (broad SMARTS) is 1. The van der Waals surface area contributed by atoms with E-state index in [1.165, 1.54) is 0 Å². The molecule has 4 rings (SSSR count). The zero-order valence-corrected chi connectivity index (χ0v) is 19.4. The molecule has 0 aromatic heterocycles. The van der Waals surface area contributed by atoms with Gasteiger partial charge in [0.15, 0.2) is 5.78 Å². The molecule has 4 aliphatic carbocycles. The number of fused-ring (bicyclic) bond motifs is 5. The lowest BCUT2D eigenvalue weighted by Crippen LogP contribution is -2.65. The predicted molar refractivity (Wildman–Crippen MR) is 115 cm³/mol. The Labute approximate surface area is 188 Å². The standard InChI is InChI=1S/C20H28O6.C4H8O2/c1-9-5-13-18(24,15(9)22)7-11(8-21)6-12-14-17(3,4)20(14,26)16(23)10(2)19(12,13)25;1-2-3-4(5)6/h5-6,10,12-14,16,21,23-26H,7-8H2,1-4H3;2-3H2,1H3,(H,5,6)/t10-,12+,13-,14-,16-,18+,19+,20+;/m1./s1. The molecule has 0 bridgehead atoms. The summed E-state index contributed by atoms with van der Waals surface area (Å²) in [5.41, 5.74) is -4.57. The van der Waals surface area contributed by atoms with E-state index in [9.17, 15) is 35.1 Å². The van der Waals surface area contributed by atoms with Gasteiger partial charge in [-0.2, -0.15) is 0 Å². The molecule has 8 nitrogen and oxygen atoms in total. The van der Waals surface area contributed by atoms with Crippen LogP contribution >= 0.6 is 0 Å². The zero-order valence-electron chi connectivity index (χ0n) is 19.4. The Bertz CT molecular complexity index is 875. The quantitative estimate of drug-likeness (QED) is 0.344. The fourth-order valence-electron chi connectivity index (χ4n) is 6.66. The summed E-state index contributed by atoms with van der Waals surface area (Å²) in [5, 5.41) is 62.9. The Hall–Kier alpha value is -1.58. The smallest absolute Gasteiger partial charge is 0.303 e. The molecule has 0 aromatic carbocycles. The molecule has 0 aliphatic heterocycles. The van der Waals surface area contributed by atoms with Gasteiger partial charge in [0.2, 0.25) is 0 Å². The molecule has 2 fully saturated rings. The Morgan fingerprint density at radius 3 is 2.25 bits per heavy atom. The SMILES string of the molecule is CC1=C[C@H]2[C@]3(O)[C@H](C)[C@@H](O)[C@@]4(O)[C@H]([C@@H]3C=C(CO)C[C@@]2(O)C1=O)C4(C)C.CCCC(=O)O. The highest BCUT2D eigenvalue weighted by molar-refractivity contribution is 6.04. The normalized spacial score (nSPS) is 45.8. The lowest BCUT2D eigenvalue weighted by Gasteiger charge is -2.51. The number of hydrogen-bond donors (Lipinski definition) is 6. The van der Waals surface area contributed by atoms with Crippen molar-refractivity contribution in [1.29, 1.82) is 0 Å². The molecule has 0 saturated heterocycles. The molecule has 0 unspecified atom stereocenters. The van der Waals surface area contributed by atoms with Crippen LogP contribution in [0.15, 0.2) is 23.3 Å². The first-order valence-corrected chi connectivity index (χ1v) is 11.3. The number of carbonyl (C=O) groups excluding carboxylic acids is 1. The van der Waals surface area contributed by atoms with Gasteiger partial charge in [-0.3, -0.25) is 9.59 Å². The summed E-state index contributed by atoms with van der Waals surface area (Å²) in [6.45, 7) is 8.47. The summed E-state index contributed by atoms with van der Waals surface area (Å²) in [6, 6.07) is 0. The van der Waals surface area contributed by atoms with Crippen LogP contribution < -0.4 is 0 Å². The van der Waals surface area contributed by atoms with Crippen LogP contribution in [0.25, 0.3) is 0 Å². The topological polar surface area (TPSA) is 156 Å². The zero-order chi connectivity index (χ0) is 24.4. The van der Waals surface area contributed by atoms with Crippen LogP contribution in [-0.2, 0) is 9.59 Å². The number of aliphatic hydroxyl groups is 5. The van der Waals surface area contributed by atoms with Gasteiger partial charge in [0.25, 0.3) is 0 Å². The summed E-state index contributed by atoms with van der Waals surface area (Å²) in [6.07, 6.45) is 3.11. The first-order valence-electron chi connectivity index (χ1n) is 11.3. The molecule has 6 N–H and O–H groups in total. The summed E-state index contributed by atoms with van der Waals surface area (Å²) in [7, 11) is 0. The number of carbonyl (C=O) groups is 2. The van der Waals surface area contributed by atoms with Crippen LogP contribution in [0.1, 0.15) is 53.9 Å². The van der Waals surface area contributed by atoms with Crippen molar-refractivity contribution in [2.24, 2.45) is 29.1 Å². The molecule has 8 atom stereocenters. The van der Waals surface area contributed by atoms with Crippen molar-refractivity contribution < 1.29 is 40.2 Å². The molecule has 32 heavy (non-hydrogen) atoms. The van der Waals surface area contributed by atoms with Crippen molar-refractivity contribution in [3.63, 3.8) is 0 Å². The molecule has 0 aromatic rings. The molecule has 2 saturated carbocycles. The maximum absolute atomic E-state index is 12.7. The van der Waals surface area contributed by atoms with E-state index < -0.39 is 63.7 Å². The minimum Gasteiger partial charge on any atom is -0.481 e. The Balaban J connectivity index is 0.000000427. The third-order valence-electron chi connectivity index (χ3n) is 8.51. The van der Waals surface area contributed by atoms with Gasteiger partial charge >= 0.3 is 5.97 Å². The predicted octanol–water partition coefficient (Wildman–Crippen LogP) is 0.801. The molecule has 0 heterocycles. The van der Waals surface area contributed by atoms with Crippen LogP contribution in [0.2, 0.25) is 0 Å². The van der Waals surface area contributed by atoms with Gasteiger partial charge in [0.05, 0.1) is 18.3 Å². The fourth-order valence-corrected chi connectivity index (χ4v) is 6.66. The van der Waals surface area contributed by atoms with Gasteiger partial charge in [-0.15, -0.1) is 0 Å². The second-order valence-electron chi connectivity index (χ2n) is 10.6. The van der Waals surface area contributed by atoms with Crippen LogP contribution in [0.3, 0.4) is 0 Å². The Kier molecular flexibility index (Phi) is 6.06. The van der Waals surface area contributed by atoms with Crippen LogP contribution in [0.5, 0.6) is 0 Å². The van der Waals surface area contributed by atoms with Crippen LogP contribution in [0.4, 0.5) is 0 Å². The van der Waals surface area contributed by atoms with Gasteiger partial charge in [-0.05, 0) is 24.5 Å². The monoisotopic (exact) mass is 452 g/mol. The van der Waals surface area contributed by atoms with Gasteiger partial charge in [-0.1, -0.05) is 39.8 Å². The van der Waals surface area contributed by atoms with Gasteiger partial charge < -0.3 is 30.6 Å². The van der Waals surface area contributed by atoms with E-state index in [4.69, 9.17) is 5.11 Å². The van der Waals surface area contributed by atoms with E-state index in [2.05, 4.69) is 0 Å². The maximum atomic E-state index is 12.7. The maximum Gasteiger partial charge on any atom is 0.303 e. The lowest BCUT2D eigenvalue weighted by atomic mass is 9.59. The molecule has 0 spiro atoms. The highest BCUT2D eigenvalue weighted by Crippen LogP contribution is 2.74. The minimum atomic E-state index is -1.84. The molecular weight excluding hydrogens is 416 g/mol. The highest BCUT2D eigenvalue weighted by Gasteiger charge is 2.84. The van der Waals surface area contributed by atoms with Crippen molar-refractivity contribution in [2.45, 2.75) is 76.8 Å². The number of ketones is 1. The van der Waals surface area contributed by atoms with E-state index in [0.717, 1.165) is 6.42 Å². The molecule has 180 valence electrons. The van der Waals surface area contributed by atoms with E-state index in [1.807, 2.05) is 20.8 Å².